The molecule has 0 aliphatic heterocycles. The van der Waals surface area contributed by atoms with Gasteiger partial charge in [0, 0.05) is 0 Å². The molecule has 0 aliphatic carbocycles. The van der Waals surface area contributed by atoms with Gasteiger partial charge in [-0.25, -0.2) is 0 Å². The predicted molar refractivity (Wildman–Crippen MR) is 43.5 cm³/mol. The average Bonchev–Trinajstić information content (AvgIpc) is 2.06. The van der Waals surface area contributed by atoms with Crippen molar-refractivity contribution >= 4 is 0 Å². The lowest BCUT2D eigenvalue weighted by molar-refractivity contribution is 0.280. The van der Waals surface area contributed by atoms with Crippen LogP contribution >= 0.6 is 0 Å². The molecule has 0 saturated carbocycles. The molecule has 0 amide bonds. The number of hydrogen-bond acceptors (Lipinski definition) is 2. The van der Waals surface area contributed by atoms with Crippen molar-refractivity contribution in [2.75, 3.05) is 6.61 Å². The minimum absolute atomic E-state index is 0.0704. The van der Waals surface area contributed by atoms with E-state index in [-0.39, 0.29) is 6.61 Å². The van der Waals surface area contributed by atoms with Gasteiger partial charge in [0.2, 0.25) is 0 Å². The summed E-state index contributed by atoms with van der Waals surface area (Å²) < 4.78 is 5.24. The Balaban J connectivity index is 2.74. The van der Waals surface area contributed by atoms with Gasteiger partial charge in [-0.15, -0.1) is 0 Å². The molecule has 0 fully saturated rings. The zero-order valence-electron chi connectivity index (χ0n) is 6.58. The summed E-state index contributed by atoms with van der Waals surface area (Å²) in [6.07, 6.45) is 0. The van der Waals surface area contributed by atoms with Gasteiger partial charge in [-0.1, -0.05) is 12.1 Å². The Morgan fingerprint density at radius 1 is 1.45 bits per heavy atom. The van der Waals surface area contributed by atoms with Crippen LogP contribution in [0.1, 0.15) is 12.5 Å². The lowest BCUT2D eigenvalue weighted by atomic mass is 10.2. The molecule has 1 aromatic rings. The third-order valence-electron chi connectivity index (χ3n) is 1.39. The minimum atomic E-state index is 0.0704. The molecule has 0 aliphatic rings. The summed E-state index contributed by atoms with van der Waals surface area (Å²) in [5, 5.41) is 8.77. The molecule has 60 valence electrons. The van der Waals surface area contributed by atoms with Gasteiger partial charge in [0.25, 0.3) is 0 Å². The van der Waals surface area contributed by atoms with Crippen LogP contribution in [-0.4, -0.2) is 11.7 Å². The van der Waals surface area contributed by atoms with Crippen LogP contribution in [0, 0.1) is 0 Å². The predicted octanol–water partition coefficient (Wildman–Crippen LogP) is 1.58. The van der Waals surface area contributed by atoms with Gasteiger partial charge in [0.05, 0.1) is 13.2 Å². The Labute approximate surface area is 66.4 Å². The van der Waals surface area contributed by atoms with Crippen molar-refractivity contribution in [2.24, 2.45) is 0 Å². The van der Waals surface area contributed by atoms with Gasteiger partial charge in [-0.05, 0) is 24.6 Å². The van der Waals surface area contributed by atoms with E-state index in [2.05, 4.69) is 0 Å². The zero-order chi connectivity index (χ0) is 8.10. The van der Waals surface area contributed by atoms with E-state index in [1.54, 1.807) is 0 Å². The first-order valence-corrected chi connectivity index (χ1v) is 3.69. The smallest absolute Gasteiger partial charge is 0.119 e. The Bertz CT molecular complexity index is 221. The van der Waals surface area contributed by atoms with E-state index >= 15 is 0 Å². The minimum Gasteiger partial charge on any atom is -0.494 e. The number of aliphatic hydroxyl groups excluding tert-OH is 1. The molecule has 0 heterocycles. The number of benzene rings is 1. The van der Waals surface area contributed by atoms with E-state index < -0.39 is 0 Å². The first-order valence-electron chi connectivity index (χ1n) is 3.69. The molecule has 0 saturated heterocycles. The molecule has 2 nitrogen and oxygen atoms in total. The van der Waals surface area contributed by atoms with E-state index in [0.717, 1.165) is 11.3 Å². The van der Waals surface area contributed by atoms with Crippen molar-refractivity contribution in [1.82, 2.24) is 0 Å². The lowest BCUT2D eigenvalue weighted by Crippen LogP contribution is -1.92. The maximum atomic E-state index is 8.77. The van der Waals surface area contributed by atoms with E-state index in [1.807, 2.05) is 31.2 Å². The highest BCUT2D eigenvalue weighted by Gasteiger charge is 1.92. The van der Waals surface area contributed by atoms with E-state index in [0.29, 0.717) is 6.61 Å². The fraction of sp³-hybridized carbons (Fsp3) is 0.333. The summed E-state index contributed by atoms with van der Waals surface area (Å²) in [5.41, 5.74) is 0.885. The molecule has 2 heteroatoms. The van der Waals surface area contributed by atoms with Gasteiger partial charge >= 0.3 is 0 Å². The third-order valence-corrected chi connectivity index (χ3v) is 1.39. The number of rotatable bonds is 3. The Hall–Kier alpha value is -1.02. The largest absolute Gasteiger partial charge is 0.494 e. The average molecular weight is 152 g/mol. The van der Waals surface area contributed by atoms with Crippen LogP contribution in [0.3, 0.4) is 0 Å². The molecular weight excluding hydrogens is 140 g/mol. The standard InChI is InChI=1S/C9H12O2/c1-2-11-9-5-3-4-8(6-9)7-10/h3-6,10H,2,7H2,1H3. The highest BCUT2D eigenvalue weighted by Crippen LogP contribution is 2.12. The van der Waals surface area contributed by atoms with Crippen LogP contribution < -0.4 is 4.74 Å². The monoisotopic (exact) mass is 152 g/mol. The highest BCUT2D eigenvalue weighted by atomic mass is 16.5. The van der Waals surface area contributed by atoms with Crippen molar-refractivity contribution in [3.05, 3.63) is 29.8 Å². The molecule has 11 heavy (non-hydrogen) atoms. The van der Waals surface area contributed by atoms with Crippen LogP contribution in [0.2, 0.25) is 0 Å². The van der Waals surface area contributed by atoms with Crippen LogP contribution in [-0.2, 0) is 6.61 Å². The Morgan fingerprint density at radius 3 is 2.91 bits per heavy atom. The van der Waals surface area contributed by atoms with Crippen molar-refractivity contribution in [2.45, 2.75) is 13.5 Å². The molecule has 0 bridgehead atoms. The summed E-state index contributed by atoms with van der Waals surface area (Å²) in [6, 6.07) is 7.45. The van der Waals surface area contributed by atoms with Crippen LogP contribution in [0.15, 0.2) is 24.3 Å². The number of hydrogen-bond donors (Lipinski definition) is 1. The second-order valence-electron chi connectivity index (χ2n) is 2.24. The van der Waals surface area contributed by atoms with Gasteiger partial charge < -0.3 is 9.84 Å². The molecular formula is C9H12O2. The topological polar surface area (TPSA) is 29.5 Å². The first kappa shape index (κ1) is 8.08. The SMILES string of the molecule is CCOc1cccc(CO)c1. The second kappa shape index (κ2) is 3.98. The summed E-state index contributed by atoms with van der Waals surface area (Å²) >= 11 is 0. The number of ether oxygens (including phenoxy) is 1. The summed E-state index contributed by atoms with van der Waals surface area (Å²) in [6.45, 7) is 2.67. The quantitative estimate of drug-likeness (QED) is 0.712. The number of aliphatic hydroxyl groups is 1. The van der Waals surface area contributed by atoms with Gasteiger partial charge in [-0.3, -0.25) is 0 Å². The Morgan fingerprint density at radius 2 is 2.27 bits per heavy atom. The van der Waals surface area contributed by atoms with Gasteiger partial charge in [0.1, 0.15) is 5.75 Å². The van der Waals surface area contributed by atoms with Crippen LogP contribution in [0.4, 0.5) is 0 Å². The lowest BCUT2D eigenvalue weighted by Gasteiger charge is -2.03. The summed E-state index contributed by atoms with van der Waals surface area (Å²) in [5.74, 6) is 0.819. The molecule has 0 aromatic heterocycles. The Kier molecular flexibility index (Phi) is 2.93. The summed E-state index contributed by atoms with van der Waals surface area (Å²) in [4.78, 5) is 0. The van der Waals surface area contributed by atoms with E-state index in [1.165, 1.54) is 0 Å². The zero-order valence-corrected chi connectivity index (χ0v) is 6.58. The van der Waals surface area contributed by atoms with Crippen molar-refractivity contribution in [3.8, 4) is 5.75 Å². The van der Waals surface area contributed by atoms with E-state index in [4.69, 9.17) is 9.84 Å². The van der Waals surface area contributed by atoms with Crippen LogP contribution in [0.5, 0.6) is 5.75 Å². The van der Waals surface area contributed by atoms with Gasteiger partial charge in [-0.2, -0.15) is 0 Å². The van der Waals surface area contributed by atoms with E-state index in [9.17, 15) is 0 Å². The molecule has 1 N–H and O–H groups in total. The molecule has 0 spiro atoms. The van der Waals surface area contributed by atoms with Gasteiger partial charge in [0.15, 0.2) is 0 Å². The fourth-order valence-electron chi connectivity index (χ4n) is 0.900. The molecule has 0 atom stereocenters. The molecule has 0 unspecified atom stereocenters. The molecule has 1 aromatic carbocycles. The molecule has 1 rings (SSSR count). The van der Waals surface area contributed by atoms with Crippen molar-refractivity contribution in [1.29, 1.82) is 0 Å². The second-order valence-corrected chi connectivity index (χ2v) is 2.24. The van der Waals surface area contributed by atoms with Crippen LogP contribution in [0.25, 0.3) is 0 Å². The maximum Gasteiger partial charge on any atom is 0.119 e. The molecule has 0 radical (unpaired) electrons. The van der Waals surface area contributed by atoms with Crippen molar-refractivity contribution < 1.29 is 9.84 Å². The highest BCUT2D eigenvalue weighted by molar-refractivity contribution is 5.27. The fourth-order valence-corrected chi connectivity index (χ4v) is 0.900. The first-order chi connectivity index (χ1) is 5.36. The normalized spacial score (nSPS) is 9.64. The maximum absolute atomic E-state index is 8.77. The third kappa shape index (κ3) is 2.24. The summed E-state index contributed by atoms with van der Waals surface area (Å²) in [7, 11) is 0. The van der Waals surface area contributed by atoms with Crippen molar-refractivity contribution in [3.63, 3.8) is 0 Å².